The summed E-state index contributed by atoms with van der Waals surface area (Å²) in [6.07, 6.45) is 4.07. The van der Waals surface area contributed by atoms with E-state index in [4.69, 9.17) is 4.74 Å². The number of aromatic hydroxyl groups is 1. The zero-order valence-electron chi connectivity index (χ0n) is 15.0. The SMILES string of the molecule is CCOc1cc(-c2ccc3c(C=Cc4ccccc4)n[nH]c3c2)ccc1O. The lowest BCUT2D eigenvalue weighted by atomic mass is 10.0. The van der Waals surface area contributed by atoms with E-state index in [0.29, 0.717) is 12.4 Å². The molecular weight excluding hydrogens is 336 g/mol. The number of benzene rings is 3. The second-order valence-electron chi connectivity index (χ2n) is 6.23. The third-order valence-electron chi connectivity index (χ3n) is 4.42. The van der Waals surface area contributed by atoms with Crippen molar-refractivity contribution in [2.24, 2.45) is 0 Å². The van der Waals surface area contributed by atoms with Crippen LogP contribution >= 0.6 is 0 Å². The van der Waals surface area contributed by atoms with Gasteiger partial charge in [0.2, 0.25) is 0 Å². The van der Waals surface area contributed by atoms with Gasteiger partial charge in [-0.3, -0.25) is 5.10 Å². The maximum Gasteiger partial charge on any atom is 0.161 e. The first-order valence-corrected chi connectivity index (χ1v) is 8.92. The van der Waals surface area contributed by atoms with E-state index in [-0.39, 0.29) is 5.75 Å². The van der Waals surface area contributed by atoms with Crippen molar-refractivity contribution in [2.75, 3.05) is 6.61 Å². The van der Waals surface area contributed by atoms with Crippen LogP contribution in [0.2, 0.25) is 0 Å². The maximum atomic E-state index is 9.89. The Kier molecular flexibility index (Phi) is 4.62. The zero-order chi connectivity index (χ0) is 18.6. The smallest absolute Gasteiger partial charge is 0.161 e. The molecule has 0 fully saturated rings. The predicted molar refractivity (Wildman–Crippen MR) is 110 cm³/mol. The molecule has 27 heavy (non-hydrogen) atoms. The molecule has 0 saturated heterocycles. The van der Waals surface area contributed by atoms with E-state index in [1.165, 1.54) is 0 Å². The van der Waals surface area contributed by atoms with Gasteiger partial charge in [-0.25, -0.2) is 0 Å². The minimum absolute atomic E-state index is 0.150. The molecule has 0 saturated carbocycles. The largest absolute Gasteiger partial charge is 0.504 e. The molecule has 0 amide bonds. The van der Waals surface area contributed by atoms with Gasteiger partial charge in [-0.15, -0.1) is 0 Å². The van der Waals surface area contributed by atoms with Crippen molar-refractivity contribution in [3.05, 3.63) is 78.0 Å². The van der Waals surface area contributed by atoms with Gasteiger partial charge in [0, 0.05) is 5.39 Å². The fourth-order valence-electron chi connectivity index (χ4n) is 3.05. The summed E-state index contributed by atoms with van der Waals surface area (Å²) in [5.74, 6) is 0.641. The van der Waals surface area contributed by atoms with Crippen LogP contribution in [-0.4, -0.2) is 21.9 Å². The number of ether oxygens (including phenoxy) is 1. The number of aromatic amines is 1. The summed E-state index contributed by atoms with van der Waals surface area (Å²) < 4.78 is 5.49. The van der Waals surface area contributed by atoms with Gasteiger partial charge in [-0.05, 0) is 54.0 Å². The van der Waals surface area contributed by atoms with E-state index < -0.39 is 0 Å². The van der Waals surface area contributed by atoms with Gasteiger partial charge in [0.1, 0.15) is 0 Å². The van der Waals surface area contributed by atoms with E-state index in [1.807, 2.05) is 43.3 Å². The van der Waals surface area contributed by atoms with Crippen molar-refractivity contribution in [3.63, 3.8) is 0 Å². The molecule has 0 unspecified atom stereocenters. The van der Waals surface area contributed by atoms with E-state index in [2.05, 4.69) is 46.6 Å². The van der Waals surface area contributed by atoms with E-state index >= 15 is 0 Å². The van der Waals surface area contributed by atoms with Crippen molar-refractivity contribution in [2.45, 2.75) is 6.92 Å². The lowest BCUT2D eigenvalue weighted by Crippen LogP contribution is -1.92. The first-order valence-electron chi connectivity index (χ1n) is 8.92. The lowest BCUT2D eigenvalue weighted by Gasteiger charge is -2.08. The Morgan fingerprint density at radius 3 is 2.56 bits per heavy atom. The monoisotopic (exact) mass is 356 g/mol. The summed E-state index contributed by atoms with van der Waals surface area (Å²) in [5.41, 5.74) is 5.02. The Hall–Kier alpha value is -3.53. The van der Waals surface area contributed by atoms with Crippen LogP contribution in [0, 0.1) is 0 Å². The second kappa shape index (κ2) is 7.38. The number of phenolic OH excluding ortho intramolecular Hbond substituents is 1. The number of nitrogens with zero attached hydrogens (tertiary/aromatic N) is 1. The highest BCUT2D eigenvalue weighted by Crippen LogP contribution is 2.33. The number of rotatable bonds is 5. The van der Waals surface area contributed by atoms with Crippen LogP contribution in [0.5, 0.6) is 11.5 Å². The van der Waals surface area contributed by atoms with E-state index in [9.17, 15) is 5.11 Å². The van der Waals surface area contributed by atoms with E-state index in [0.717, 1.165) is 33.3 Å². The Labute approximate surface area is 157 Å². The van der Waals surface area contributed by atoms with Crippen LogP contribution in [0.15, 0.2) is 66.7 Å². The van der Waals surface area contributed by atoms with Gasteiger partial charge < -0.3 is 9.84 Å². The average Bonchev–Trinajstić information content (AvgIpc) is 3.11. The average molecular weight is 356 g/mol. The summed E-state index contributed by atoms with van der Waals surface area (Å²) in [5, 5.41) is 18.5. The number of hydrogen-bond acceptors (Lipinski definition) is 3. The number of aromatic nitrogens is 2. The topological polar surface area (TPSA) is 58.1 Å². The summed E-state index contributed by atoms with van der Waals surface area (Å²) in [4.78, 5) is 0. The molecule has 3 aromatic carbocycles. The molecule has 1 heterocycles. The van der Waals surface area contributed by atoms with Crippen LogP contribution in [0.25, 0.3) is 34.2 Å². The molecule has 0 aliphatic heterocycles. The number of nitrogens with one attached hydrogen (secondary N) is 1. The Bertz CT molecular complexity index is 1100. The zero-order valence-corrected chi connectivity index (χ0v) is 15.0. The molecule has 1 aromatic heterocycles. The molecule has 134 valence electrons. The van der Waals surface area contributed by atoms with Gasteiger partial charge in [-0.2, -0.15) is 5.10 Å². The summed E-state index contributed by atoms with van der Waals surface area (Å²) in [6, 6.07) is 21.7. The number of phenols is 1. The van der Waals surface area contributed by atoms with Gasteiger partial charge in [0.15, 0.2) is 11.5 Å². The fraction of sp³-hybridized carbons (Fsp3) is 0.0870. The van der Waals surface area contributed by atoms with Gasteiger partial charge in [0.25, 0.3) is 0 Å². The van der Waals surface area contributed by atoms with Gasteiger partial charge in [-0.1, -0.05) is 48.5 Å². The Balaban J connectivity index is 1.66. The van der Waals surface area contributed by atoms with Crippen LogP contribution in [-0.2, 0) is 0 Å². The molecule has 4 aromatic rings. The van der Waals surface area contributed by atoms with Crippen molar-refractivity contribution >= 4 is 23.1 Å². The van der Waals surface area contributed by atoms with Crippen LogP contribution in [0.4, 0.5) is 0 Å². The van der Waals surface area contributed by atoms with Gasteiger partial charge in [0.05, 0.1) is 17.8 Å². The first-order chi connectivity index (χ1) is 13.2. The van der Waals surface area contributed by atoms with Crippen molar-refractivity contribution in [1.29, 1.82) is 0 Å². The minimum Gasteiger partial charge on any atom is -0.504 e. The number of H-pyrrole nitrogens is 1. The molecule has 2 N–H and O–H groups in total. The third-order valence-corrected chi connectivity index (χ3v) is 4.42. The molecule has 0 aliphatic carbocycles. The number of fused-ring (bicyclic) bond motifs is 1. The second-order valence-corrected chi connectivity index (χ2v) is 6.23. The molecule has 4 rings (SSSR count). The fourth-order valence-corrected chi connectivity index (χ4v) is 3.05. The highest BCUT2D eigenvalue weighted by Gasteiger charge is 2.08. The highest BCUT2D eigenvalue weighted by molar-refractivity contribution is 5.92. The van der Waals surface area contributed by atoms with Crippen LogP contribution < -0.4 is 4.74 Å². The maximum absolute atomic E-state index is 9.89. The third kappa shape index (κ3) is 3.55. The Morgan fingerprint density at radius 1 is 0.963 bits per heavy atom. The molecule has 0 spiro atoms. The van der Waals surface area contributed by atoms with Gasteiger partial charge >= 0.3 is 0 Å². The first kappa shape index (κ1) is 16.9. The Morgan fingerprint density at radius 2 is 1.74 bits per heavy atom. The molecular formula is C23H20N2O2. The van der Waals surface area contributed by atoms with Crippen molar-refractivity contribution in [3.8, 4) is 22.6 Å². The molecule has 4 heteroatoms. The van der Waals surface area contributed by atoms with Crippen molar-refractivity contribution in [1.82, 2.24) is 10.2 Å². The van der Waals surface area contributed by atoms with E-state index in [1.54, 1.807) is 6.07 Å². The standard InChI is InChI=1S/C23H20N2O2/c1-2-27-23-15-18(10-13-22(23)26)17-9-11-19-20(24-25-21(19)14-17)12-8-16-6-4-3-5-7-16/h3-15,26H,2H2,1H3,(H,24,25). The van der Waals surface area contributed by atoms with Crippen molar-refractivity contribution < 1.29 is 9.84 Å². The quantitative estimate of drug-likeness (QED) is 0.496. The van der Waals surface area contributed by atoms with Crippen LogP contribution in [0.3, 0.4) is 0 Å². The minimum atomic E-state index is 0.150. The molecule has 0 bridgehead atoms. The normalized spacial score (nSPS) is 11.3. The molecule has 4 nitrogen and oxygen atoms in total. The molecule has 0 aliphatic rings. The summed E-state index contributed by atoms with van der Waals surface area (Å²) >= 11 is 0. The molecule has 0 atom stereocenters. The lowest BCUT2D eigenvalue weighted by molar-refractivity contribution is 0.318. The van der Waals surface area contributed by atoms with Crippen LogP contribution in [0.1, 0.15) is 18.2 Å². The summed E-state index contributed by atoms with van der Waals surface area (Å²) in [7, 11) is 0. The number of hydrogen-bond donors (Lipinski definition) is 2. The highest BCUT2D eigenvalue weighted by atomic mass is 16.5. The predicted octanol–water partition coefficient (Wildman–Crippen LogP) is 5.50. The molecule has 0 radical (unpaired) electrons. The summed E-state index contributed by atoms with van der Waals surface area (Å²) in [6.45, 7) is 2.40.